The van der Waals surface area contributed by atoms with E-state index < -0.39 is 6.04 Å². The van der Waals surface area contributed by atoms with Crippen LogP contribution in [0.3, 0.4) is 0 Å². The number of aryl methyl sites for hydroxylation is 1. The average Bonchev–Trinajstić information content (AvgIpc) is 2.83. The van der Waals surface area contributed by atoms with Gasteiger partial charge in [-0.15, -0.1) is 0 Å². The van der Waals surface area contributed by atoms with Crippen LogP contribution >= 0.6 is 23.2 Å². The number of rotatable bonds is 10. The molecule has 1 N–H and O–H groups in total. The number of nitrogens with zero attached hydrogens (tertiary/aromatic N) is 1. The van der Waals surface area contributed by atoms with E-state index in [1.807, 2.05) is 74.5 Å². The molecule has 3 aromatic carbocycles. The number of hydrogen-bond donors (Lipinski definition) is 1. The van der Waals surface area contributed by atoms with Gasteiger partial charge in [-0.05, 0) is 47.7 Å². The van der Waals surface area contributed by atoms with Crippen LogP contribution in [0.25, 0.3) is 0 Å². The Bertz CT molecular complexity index is 1120. The van der Waals surface area contributed by atoms with Gasteiger partial charge in [-0.3, -0.25) is 9.59 Å². The Balaban J connectivity index is 1.99. The first-order valence-corrected chi connectivity index (χ1v) is 12.2. The van der Waals surface area contributed by atoms with Crippen molar-refractivity contribution in [2.24, 2.45) is 0 Å². The number of carbonyl (C=O) groups is 2. The van der Waals surface area contributed by atoms with E-state index in [0.29, 0.717) is 23.0 Å². The second-order valence-electron chi connectivity index (χ2n) is 8.36. The zero-order chi connectivity index (χ0) is 24.5. The van der Waals surface area contributed by atoms with Gasteiger partial charge in [0, 0.05) is 29.6 Å². The van der Waals surface area contributed by atoms with E-state index in [0.717, 1.165) is 28.7 Å². The summed E-state index contributed by atoms with van der Waals surface area (Å²) >= 11 is 12.6. The zero-order valence-electron chi connectivity index (χ0n) is 19.6. The number of carbonyl (C=O) groups excluding carboxylic acids is 2. The van der Waals surface area contributed by atoms with Gasteiger partial charge in [0.15, 0.2) is 0 Å². The minimum Gasteiger partial charge on any atom is -0.354 e. The van der Waals surface area contributed by atoms with Crippen LogP contribution in [0.15, 0.2) is 72.8 Å². The van der Waals surface area contributed by atoms with Gasteiger partial charge < -0.3 is 10.2 Å². The lowest BCUT2D eigenvalue weighted by Crippen LogP contribution is -2.51. The molecule has 0 aromatic heterocycles. The first kappa shape index (κ1) is 25.8. The Labute approximate surface area is 211 Å². The second kappa shape index (κ2) is 12.6. The molecule has 0 heterocycles. The molecule has 0 aliphatic rings. The molecular weight excluding hydrogens is 467 g/mol. The van der Waals surface area contributed by atoms with E-state index in [-0.39, 0.29) is 24.8 Å². The minimum absolute atomic E-state index is 0.132. The summed E-state index contributed by atoms with van der Waals surface area (Å²) in [6.45, 7) is 4.74. The fraction of sp³-hybridized carbons (Fsp3) is 0.286. The summed E-state index contributed by atoms with van der Waals surface area (Å²) in [6.07, 6.45) is 1.41. The van der Waals surface area contributed by atoms with Crippen LogP contribution in [-0.4, -0.2) is 29.3 Å². The maximum Gasteiger partial charge on any atom is 0.243 e. The van der Waals surface area contributed by atoms with Gasteiger partial charge in [-0.1, -0.05) is 90.8 Å². The highest BCUT2D eigenvalue weighted by atomic mass is 35.5. The molecule has 0 aliphatic carbocycles. The highest BCUT2D eigenvalue weighted by Crippen LogP contribution is 2.25. The number of amides is 2. The molecule has 3 rings (SSSR count). The van der Waals surface area contributed by atoms with E-state index in [4.69, 9.17) is 23.2 Å². The van der Waals surface area contributed by atoms with Gasteiger partial charge in [0.2, 0.25) is 11.8 Å². The molecule has 0 bridgehead atoms. The quantitative estimate of drug-likeness (QED) is 0.373. The molecule has 1 atom stereocenters. The van der Waals surface area contributed by atoms with Crippen LogP contribution in [0.1, 0.15) is 35.6 Å². The van der Waals surface area contributed by atoms with Crippen LogP contribution in [0.4, 0.5) is 0 Å². The van der Waals surface area contributed by atoms with Crippen LogP contribution < -0.4 is 5.32 Å². The Morgan fingerprint density at radius 1 is 0.941 bits per heavy atom. The molecule has 178 valence electrons. The normalized spacial score (nSPS) is 11.6. The predicted octanol–water partition coefficient (Wildman–Crippen LogP) is 6.01. The molecule has 0 saturated heterocycles. The summed E-state index contributed by atoms with van der Waals surface area (Å²) in [5, 5.41) is 3.97. The fourth-order valence-electron chi connectivity index (χ4n) is 3.83. The predicted molar refractivity (Wildman–Crippen MR) is 139 cm³/mol. The van der Waals surface area contributed by atoms with Crippen molar-refractivity contribution in [2.75, 3.05) is 6.54 Å². The third-order valence-electron chi connectivity index (χ3n) is 5.78. The highest BCUT2D eigenvalue weighted by Gasteiger charge is 2.30. The lowest BCUT2D eigenvalue weighted by Gasteiger charge is -2.32. The zero-order valence-corrected chi connectivity index (χ0v) is 21.1. The number of hydrogen-bond acceptors (Lipinski definition) is 2. The summed E-state index contributed by atoms with van der Waals surface area (Å²) in [5.41, 5.74) is 3.70. The van der Waals surface area contributed by atoms with Gasteiger partial charge in [0.1, 0.15) is 6.04 Å². The summed E-state index contributed by atoms with van der Waals surface area (Å²) < 4.78 is 0. The second-order valence-corrected chi connectivity index (χ2v) is 9.20. The minimum atomic E-state index is -0.683. The van der Waals surface area contributed by atoms with Crippen LogP contribution in [0.5, 0.6) is 0 Å². The lowest BCUT2D eigenvalue weighted by molar-refractivity contribution is -0.140. The van der Waals surface area contributed by atoms with Crippen molar-refractivity contribution in [2.45, 2.75) is 45.7 Å². The molecule has 3 aromatic rings. The van der Waals surface area contributed by atoms with Gasteiger partial charge in [-0.25, -0.2) is 0 Å². The third kappa shape index (κ3) is 7.09. The van der Waals surface area contributed by atoms with Gasteiger partial charge in [-0.2, -0.15) is 0 Å². The van der Waals surface area contributed by atoms with Crippen LogP contribution in [-0.2, 0) is 29.0 Å². The van der Waals surface area contributed by atoms with Crippen molar-refractivity contribution in [3.8, 4) is 0 Å². The average molecular weight is 497 g/mol. The number of nitrogens with one attached hydrogen (secondary N) is 1. The summed E-state index contributed by atoms with van der Waals surface area (Å²) in [7, 11) is 0. The Hall–Kier alpha value is -2.82. The lowest BCUT2D eigenvalue weighted by atomic mass is 10.00. The van der Waals surface area contributed by atoms with E-state index in [1.165, 1.54) is 0 Å². The fourth-order valence-corrected chi connectivity index (χ4v) is 4.29. The molecule has 0 radical (unpaired) electrons. The smallest absolute Gasteiger partial charge is 0.243 e. The molecule has 0 spiro atoms. The van der Waals surface area contributed by atoms with Crippen LogP contribution in [0.2, 0.25) is 10.0 Å². The monoisotopic (exact) mass is 496 g/mol. The topological polar surface area (TPSA) is 49.4 Å². The summed E-state index contributed by atoms with van der Waals surface area (Å²) in [6, 6.07) is 22.1. The van der Waals surface area contributed by atoms with E-state index >= 15 is 0 Å². The maximum atomic E-state index is 13.7. The van der Waals surface area contributed by atoms with Crippen molar-refractivity contribution in [1.82, 2.24) is 10.2 Å². The number of benzene rings is 3. The van der Waals surface area contributed by atoms with Crippen molar-refractivity contribution in [3.63, 3.8) is 0 Å². The summed E-state index contributed by atoms with van der Waals surface area (Å²) in [5.74, 6) is -0.304. The van der Waals surface area contributed by atoms with Crippen LogP contribution in [0, 0.1) is 6.92 Å². The largest absolute Gasteiger partial charge is 0.354 e. The van der Waals surface area contributed by atoms with Gasteiger partial charge in [0.05, 0.1) is 6.42 Å². The molecule has 0 saturated carbocycles. The molecule has 2 amide bonds. The number of halogens is 2. The maximum absolute atomic E-state index is 13.7. The first-order valence-electron chi connectivity index (χ1n) is 11.5. The van der Waals surface area contributed by atoms with E-state index in [1.54, 1.807) is 17.0 Å². The van der Waals surface area contributed by atoms with Crippen molar-refractivity contribution < 1.29 is 9.59 Å². The highest BCUT2D eigenvalue weighted by molar-refractivity contribution is 6.35. The molecule has 0 fully saturated rings. The Kier molecular flexibility index (Phi) is 9.55. The standard InChI is InChI=1S/C28H30Cl2N2O2/c1-3-15-31-28(34)26(16-21-10-5-4-6-11-21)32(19-23-13-14-24(29)18-25(23)30)27(33)17-22-12-8-7-9-20(22)2/h4-14,18,26H,3,15-17,19H2,1-2H3,(H,31,34)/t26-/m1/s1. The first-order chi connectivity index (χ1) is 16.4. The van der Waals surface area contributed by atoms with Gasteiger partial charge in [0.25, 0.3) is 0 Å². The summed E-state index contributed by atoms with van der Waals surface area (Å²) in [4.78, 5) is 28.7. The SMILES string of the molecule is CCCNC(=O)[C@@H](Cc1ccccc1)N(Cc1ccc(Cl)cc1Cl)C(=O)Cc1ccccc1C. The Morgan fingerprint density at radius 3 is 2.32 bits per heavy atom. The van der Waals surface area contributed by atoms with E-state index in [9.17, 15) is 9.59 Å². The molecule has 34 heavy (non-hydrogen) atoms. The van der Waals surface area contributed by atoms with Gasteiger partial charge >= 0.3 is 0 Å². The molecular formula is C28H30Cl2N2O2. The molecule has 0 unspecified atom stereocenters. The molecule has 4 nitrogen and oxygen atoms in total. The Morgan fingerprint density at radius 2 is 1.65 bits per heavy atom. The van der Waals surface area contributed by atoms with Crippen molar-refractivity contribution in [3.05, 3.63) is 105 Å². The van der Waals surface area contributed by atoms with Crippen molar-refractivity contribution in [1.29, 1.82) is 0 Å². The third-order valence-corrected chi connectivity index (χ3v) is 6.37. The van der Waals surface area contributed by atoms with E-state index in [2.05, 4.69) is 5.32 Å². The molecule has 6 heteroatoms. The molecule has 0 aliphatic heterocycles. The van der Waals surface area contributed by atoms with Crippen molar-refractivity contribution >= 4 is 35.0 Å².